The fraction of sp³-hybridized carbons (Fsp3) is 0.409. The van der Waals surface area contributed by atoms with Crippen molar-refractivity contribution < 1.29 is 19.0 Å². The van der Waals surface area contributed by atoms with Crippen LogP contribution < -0.4 is 20.1 Å². The van der Waals surface area contributed by atoms with Crippen molar-refractivity contribution in [2.75, 3.05) is 26.8 Å². The van der Waals surface area contributed by atoms with E-state index in [9.17, 15) is 9.50 Å². The molecule has 29 heavy (non-hydrogen) atoms. The van der Waals surface area contributed by atoms with Gasteiger partial charge in [0, 0.05) is 12.1 Å². The molecule has 0 saturated heterocycles. The van der Waals surface area contributed by atoms with Gasteiger partial charge in [-0.15, -0.1) is 0 Å². The Morgan fingerprint density at radius 1 is 1.21 bits per heavy atom. The number of ether oxygens (including phenoxy) is 2. The Balaban J connectivity index is 1.96. The van der Waals surface area contributed by atoms with Gasteiger partial charge in [-0.25, -0.2) is 4.39 Å². The molecule has 0 spiro atoms. The highest BCUT2D eigenvalue weighted by Gasteiger charge is 2.14. The largest absolute Gasteiger partial charge is 0.496 e. The number of aliphatic hydroxyl groups excluding tert-OH is 1. The van der Waals surface area contributed by atoms with Crippen molar-refractivity contribution in [2.45, 2.75) is 32.9 Å². The maximum atomic E-state index is 12.9. The number of aryl methyl sites for hydroxylation is 1. The molecule has 2 aromatic carbocycles. The van der Waals surface area contributed by atoms with Gasteiger partial charge in [0.05, 0.1) is 19.7 Å². The van der Waals surface area contributed by atoms with Crippen LogP contribution in [0.25, 0.3) is 0 Å². The maximum Gasteiger partial charge on any atom is 0.191 e. The SMILES string of the molecule is CCNC(=NCC(O)COc1ccc(F)cc1)NC(C)c1cc(C)ccc1OC. The Hall–Kier alpha value is -2.80. The summed E-state index contributed by atoms with van der Waals surface area (Å²) in [6.45, 7) is 6.95. The van der Waals surface area contributed by atoms with E-state index in [-0.39, 0.29) is 25.0 Å². The number of benzene rings is 2. The molecule has 2 rings (SSSR count). The average molecular weight is 403 g/mol. The Bertz CT molecular complexity index is 796. The van der Waals surface area contributed by atoms with Gasteiger partial charge in [-0.05, 0) is 51.1 Å². The Morgan fingerprint density at radius 2 is 1.93 bits per heavy atom. The number of nitrogens with zero attached hydrogens (tertiary/aromatic N) is 1. The van der Waals surface area contributed by atoms with Crippen molar-refractivity contribution >= 4 is 5.96 Å². The molecule has 0 aliphatic heterocycles. The van der Waals surface area contributed by atoms with Crippen molar-refractivity contribution in [3.63, 3.8) is 0 Å². The molecule has 0 fully saturated rings. The maximum absolute atomic E-state index is 12.9. The number of hydrogen-bond donors (Lipinski definition) is 3. The second-order valence-corrected chi connectivity index (χ2v) is 6.75. The molecule has 7 heteroatoms. The molecule has 3 N–H and O–H groups in total. The van der Waals surface area contributed by atoms with Crippen molar-refractivity contribution in [3.05, 3.63) is 59.4 Å². The third-order valence-electron chi connectivity index (χ3n) is 4.27. The Morgan fingerprint density at radius 3 is 2.59 bits per heavy atom. The third-order valence-corrected chi connectivity index (χ3v) is 4.27. The molecule has 158 valence electrons. The summed E-state index contributed by atoms with van der Waals surface area (Å²) in [6.07, 6.45) is -0.792. The summed E-state index contributed by atoms with van der Waals surface area (Å²) in [5.41, 5.74) is 2.17. The normalized spacial score (nSPS) is 13.5. The first-order valence-corrected chi connectivity index (χ1v) is 9.68. The van der Waals surface area contributed by atoms with Crippen LogP contribution in [0.4, 0.5) is 4.39 Å². The predicted octanol–water partition coefficient (Wildman–Crippen LogP) is 3.20. The highest BCUT2D eigenvalue weighted by molar-refractivity contribution is 5.80. The van der Waals surface area contributed by atoms with Crippen molar-refractivity contribution in [1.82, 2.24) is 10.6 Å². The fourth-order valence-electron chi connectivity index (χ4n) is 2.77. The number of nitrogens with one attached hydrogen (secondary N) is 2. The van der Waals surface area contributed by atoms with Crippen LogP contribution in [0, 0.1) is 12.7 Å². The number of methoxy groups -OCH3 is 1. The molecule has 0 aliphatic rings. The molecule has 2 unspecified atom stereocenters. The van der Waals surface area contributed by atoms with Gasteiger partial charge < -0.3 is 25.2 Å². The van der Waals surface area contributed by atoms with Gasteiger partial charge >= 0.3 is 0 Å². The summed E-state index contributed by atoms with van der Waals surface area (Å²) in [5, 5.41) is 16.7. The number of guanidine groups is 1. The smallest absolute Gasteiger partial charge is 0.191 e. The fourth-order valence-corrected chi connectivity index (χ4v) is 2.77. The zero-order chi connectivity index (χ0) is 21.2. The summed E-state index contributed by atoms with van der Waals surface area (Å²) >= 11 is 0. The number of halogens is 1. The van der Waals surface area contributed by atoms with Gasteiger partial charge in [0.25, 0.3) is 0 Å². The summed E-state index contributed by atoms with van der Waals surface area (Å²) in [5.74, 6) is 1.56. The molecule has 0 aromatic heterocycles. The molecule has 0 radical (unpaired) electrons. The van der Waals surface area contributed by atoms with E-state index in [0.29, 0.717) is 18.3 Å². The van der Waals surface area contributed by atoms with E-state index >= 15 is 0 Å². The number of aliphatic hydroxyl groups is 1. The Kier molecular flexibility index (Phi) is 8.73. The van der Waals surface area contributed by atoms with Gasteiger partial charge in [0.15, 0.2) is 5.96 Å². The standard InChI is InChI=1S/C22H30FN3O3/c1-5-24-22(26-16(3)20-12-15(2)6-11-21(20)28-4)25-13-18(27)14-29-19-9-7-17(23)8-10-19/h6-12,16,18,27H,5,13-14H2,1-4H3,(H2,24,25,26). The molecule has 6 nitrogen and oxygen atoms in total. The van der Waals surface area contributed by atoms with E-state index in [0.717, 1.165) is 16.9 Å². The number of aliphatic imine (C=N–C) groups is 1. The molecule has 0 aliphatic carbocycles. The van der Waals surface area contributed by atoms with E-state index in [1.54, 1.807) is 7.11 Å². The van der Waals surface area contributed by atoms with Crippen LogP contribution in [0.5, 0.6) is 11.5 Å². The molecular formula is C22H30FN3O3. The minimum Gasteiger partial charge on any atom is -0.496 e. The first-order valence-electron chi connectivity index (χ1n) is 9.68. The summed E-state index contributed by atoms with van der Waals surface area (Å²) in [6, 6.07) is 11.7. The van der Waals surface area contributed by atoms with Crippen LogP contribution in [0.1, 0.15) is 31.0 Å². The molecule has 0 heterocycles. The monoisotopic (exact) mass is 403 g/mol. The lowest BCUT2D eigenvalue weighted by molar-refractivity contribution is 0.114. The molecule has 0 bridgehead atoms. The zero-order valence-electron chi connectivity index (χ0n) is 17.4. The highest BCUT2D eigenvalue weighted by Crippen LogP contribution is 2.25. The molecule has 2 aromatic rings. The zero-order valence-corrected chi connectivity index (χ0v) is 17.4. The Labute approximate surface area is 171 Å². The molecule has 0 saturated carbocycles. The van der Waals surface area contributed by atoms with Gasteiger partial charge in [0.2, 0.25) is 0 Å². The second-order valence-electron chi connectivity index (χ2n) is 6.75. The van der Waals surface area contributed by atoms with Gasteiger partial charge in [-0.1, -0.05) is 17.7 Å². The van der Waals surface area contributed by atoms with E-state index in [1.807, 2.05) is 32.9 Å². The summed E-state index contributed by atoms with van der Waals surface area (Å²) < 4.78 is 23.8. The quantitative estimate of drug-likeness (QED) is 0.443. The molecule has 0 amide bonds. The van der Waals surface area contributed by atoms with E-state index in [2.05, 4.69) is 21.7 Å². The molecular weight excluding hydrogens is 373 g/mol. The first-order chi connectivity index (χ1) is 13.9. The lowest BCUT2D eigenvalue weighted by Crippen LogP contribution is -2.39. The van der Waals surface area contributed by atoms with Crippen LogP contribution >= 0.6 is 0 Å². The van der Waals surface area contributed by atoms with E-state index < -0.39 is 6.10 Å². The van der Waals surface area contributed by atoms with Crippen LogP contribution in [-0.4, -0.2) is 44.0 Å². The van der Waals surface area contributed by atoms with Crippen LogP contribution in [0.3, 0.4) is 0 Å². The predicted molar refractivity (Wildman–Crippen MR) is 113 cm³/mol. The number of rotatable bonds is 9. The summed E-state index contributed by atoms with van der Waals surface area (Å²) in [4.78, 5) is 4.45. The van der Waals surface area contributed by atoms with Crippen LogP contribution in [-0.2, 0) is 0 Å². The van der Waals surface area contributed by atoms with Crippen molar-refractivity contribution in [2.24, 2.45) is 4.99 Å². The topological polar surface area (TPSA) is 75.1 Å². The van der Waals surface area contributed by atoms with E-state index in [1.165, 1.54) is 24.3 Å². The lowest BCUT2D eigenvalue weighted by atomic mass is 10.0. The van der Waals surface area contributed by atoms with Gasteiger partial charge in [0.1, 0.15) is 30.0 Å². The van der Waals surface area contributed by atoms with Crippen molar-refractivity contribution in [3.8, 4) is 11.5 Å². The minimum atomic E-state index is -0.792. The van der Waals surface area contributed by atoms with Crippen molar-refractivity contribution in [1.29, 1.82) is 0 Å². The summed E-state index contributed by atoms with van der Waals surface area (Å²) in [7, 11) is 1.65. The average Bonchev–Trinajstić information content (AvgIpc) is 2.71. The number of hydrogen-bond acceptors (Lipinski definition) is 4. The van der Waals surface area contributed by atoms with E-state index in [4.69, 9.17) is 9.47 Å². The minimum absolute atomic E-state index is 0.0461. The third kappa shape index (κ3) is 7.27. The highest BCUT2D eigenvalue weighted by atomic mass is 19.1. The van der Waals surface area contributed by atoms with Gasteiger partial charge in [-0.3, -0.25) is 4.99 Å². The van der Waals surface area contributed by atoms with Crippen LogP contribution in [0.2, 0.25) is 0 Å². The van der Waals surface area contributed by atoms with Crippen LogP contribution in [0.15, 0.2) is 47.5 Å². The van der Waals surface area contributed by atoms with Gasteiger partial charge in [-0.2, -0.15) is 0 Å². The first kappa shape index (κ1) is 22.5. The molecule has 2 atom stereocenters. The second kappa shape index (κ2) is 11.3. The lowest BCUT2D eigenvalue weighted by Gasteiger charge is -2.21.